The molecule has 0 aliphatic heterocycles. The zero-order chi connectivity index (χ0) is 17.0. The largest absolute Gasteiger partial charge is 0.455 e. The van der Waals surface area contributed by atoms with E-state index in [9.17, 15) is 4.79 Å². The molecule has 0 aromatic carbocycles. The van der Waals surface area contributed by atoms with Gasteiger partial charge in [-0.05, 0) is 25.0 Å². The number of thioether (sulfide) groups is 1. The summed E-state index contributed by atoms with van der Waals surface area (Å²) in [5, 5.41) is 3.88. The number of carbonyl (C=O) groups excluding carboxylic acids is 1. The van der Waals surface area contributed by atoms with Crippen molar-refractivity contribution < 1.29 is 9.21 Å². The minimum absolute atomic E-state index is 0. The van der Waals surface area contributed by atoms with Crippen molar-refractivity contribution in [2.75, 3.05) is 6.54 Å². The summed E-state index contributed by atoms with van der Waals surface area (Å²) in [5.41, 5.74) is 5.35. The summed E-state index contributed by atoms with van der Waals surface area (Å²) in [6, 6.07) is 3.51. The van der Waals surface area contributed by atoms with Crippen molar-refractivity contribution in [3.05, 3.63) is 36.0 Å². The van der Waals surface area contributed by atoms with Crippen molar-refractivity contribution in [3.8, 4) is 0 Å². The molecule has 0 aliphatic carbocycles. The van der Waals surface area contributed by atoms with Crippen molar-refractivity contribution in [1.29, 1.82) is 0 Å². The molecule has 0 bridgehead atoms. The van der Waals surface area contributed by atoms with Crippen molar-refractivity contribution in [2.24, 2.45) is 18.7 Å². The number of amides is 1. The molecule has 0 saturated heterocycles. The van der Waals surface area contributed by atoms with E-state index >= 15 is 0 Å². The molecule has 1 amide bonds. The molecule has 2 heterocycles. The molecule has 2 aromatic heterocycles. The SMILES string of the molecule is CC(C)C(C)(CN)NC(=O)c1ccc(CSc2nccn2C)o1.Cl.Cl. The highest BCUT2D eigenvalue weighted by Crippen LogP contribution is 2.22. The Balaban J connectivity index is 0.00000288. The Hall–Kier alpha value is -1.15. The number of imidazole rings is 1. The first-order valence-electron chi connectivity index (χ1n) is 7.57. The van der Waals surface area contributed by atoms with Crippen LogP contribution in [0.2, 0.25) is 0 Å². The van der Waals surface area contributed by atoms with Crippen LogP contribution in [0, 0.1) is 5.92 Å². The van der Waals surface area contributed by atoms with Crippen LogP contribution in [0.25, 0.3) is 0 Å². The Kier molecular flexibility index (Phi) is 9.64. The lowest BCUT2D eigenvalue weighted by atomic mass is 9.88. The highest BCUT2D eigenvalue weighted by molar-refractivity contribution is 7.98. The molecule has 0 radical (unpaired) electrons. The van der Waals surface area contributed by atoms with Gasteiger partial charge in [0.05, 0.1) is 11.3 Å². The van der Waals surface area contributed by atoms with E-state index in [1.54, 1.807) is 24.0 Å². The predicted octanol–water partition coefficient (Wildman–Crippen LogP) is 3.25. The average molecular weight is 409 g/mol. The van der Waals surface area contributed by atoms with Gasteiger partial charge in [-0.25, -0.2) is 4.98 Å². The first kappa shape index (κ1) is 23.9. The van der Waals surface area contributed by atoms with Gasteiger partial charge >= 0.3 is 0 Å². The van der Waals surface area contributed by atoms with Crippen LogP contribution >= 0.6 is 36.6 Å². The molecule has 0 spiro atoms. The summed E-state index contributed by atoms with van der Waals surface area (Å²) in [4.78, 5) is 16.6. The molecule has 0 aliphatic rings. The standard InChI is InChI=1S/C16H24N4O2S.2ClH/c1-11(2)16(3,10-17)19-14(21)13-6-5-12(22-13)9-23-15-18-7-8-20(15)4;;/h5-8,11H,9-10,17H2,1-4H3,(H,19,21);2*1H. The summed E-state index contributed by atoms with van der Waals surface area (Å²) in [6.07, 6.45) is 3.64. The smallest absolute Gasteiger partial charge is 0.287 e. The third-order valence-corrected chi connectivity index (χ3v) is 5.18. The highest BCUT2D eigenvalue weighted by atomic mass is 35.5. The van der Waals surface area contributed by atoms with Gasteiger partial charge < -0.3 is 20.0 Å². The van der Waals surface area contributed by atoms with E-state index < -0.39 is 5.54 Å². The second-order valence-electron chi connectivity index (χ2n) is 6.11. The molecule has 25 heavy (non-hydrogen) atoms. The lowest BCUT2D eigenvalue weighted by Crippen LogP contribution is -2.54. The van der Waals surface area contributed by atoms with Crippen LogP contribution in [0.15, 0.2) is 34.1 Å². The van der Waals surface area contributed by atoms with Gasteiger partial charge in [0.25, 0.3) is 5.91 Å². The average Bonchev–Trinajstić information content (AvgIpc) is 3.13. The van der Waals surface area contributed by atoms with E-state index in [-0.39, 0.29) is 36.6 Å². The molecule has 142 valence electrons. The number of aromatic nitrogens is 2. The van der Waals surface area contributed by atoms with E-state index in [2.05, 4.69) is 10.3 Å². The van der Waals surface area contributed by atoms with Crippen molar-refractivity contribution in [2.45, 2.75) is 37.2 Å². The number of nitrogens with two attached hydrogens (primary N) is 1. The molecule has 6 nitrogen and oxygen atoms in total. The third-order valence-electron chi connectivity index (χ3n) is 4.10. The quantitative estimate of drug-likeness (QED) is 0.686. The normalized spacial score (nSPS) is 12.9. The first-order valence-corrected chi connectivity index (χ1v) is 8.55. The monoisotopic (exact) mass is 408 g/mol. The summed E-state index contributed by atoms with van der Waals surface area (Å²) < 4.78 is 7.58. The molecule has 0 fully saturated rings. The van der Waals surface area contributed by atoms with Crippen molar-refractivity contribution in [1.82, 2.24) is 14.9 Å². The van der Waals surface area contributed by atoms with Crippen LogP contribution in [-0.4, -0.2) is 27.5 Å². The molecule has 0 saturated carbocycles. The molecular formula is C16H26Cl2N4O2S. The number of hydrogen-bond acceptors (Lipinski definition) is 5. The lowest BCUT2D eigenvalue weighted by Gasteiger charge is -2.33. The highest BCUT2D eigenvalue weighted by Gasteiger charge is 2.29. The van der Waals surface area contributed by atoms with E-state index in [1.165, 1.54) is 0 Å². The van der Waals surface area contributed by atoms with Gasteiger partial charge in [0, 0.05) is 26.0 Å². The molecule has 2 aromatic rings. The maximum absolute atomic E-state index is 12.3. The molecule has 1 unspecified atom stereocenters. The number of halogens is 2. The summed E-state index contributed by atoms with van der Waals surface area (Å²) >= 11 is 1.56. The Morgan fingerprint density at radius 2 is 2.12 bits per heavy atom. The maximum atomic E-state index is 12.3. The zero-order valence-electron chi connectivity index (χ0n) is 14.8. The minimum Gasteiger partial charge on any atom is -0.455 e. The van der Waals surface area contributed by atoms with Crippen LogP contribution in [0.3, 0.4) is 0 Å². The number of hydrogen-bond donors (Lipinski definition) is 2. The Morgan fingerprint density at radius 3 is 2.64 bits per heavy atom. The topological polar surface area (TPSA) is 86.1 Å². The third kappa shape index (κ3) is 5.95. The van der Waals surface area contributed by atoms with Crippen LogP contribution in [0.5, 0.6) is 0 Å². The Morgan fingerprint density at radius 1 is 1.44 bits per heavy atom. The molecular weight excluding hydrogens is 383 g/mol. The Bertz CT molecular complexity index is 675. The van der Waals surface area contributed by atoms with Crippen molar-refractivity contribution >= 4 is 42.5 Å². The molecule has 3 N–H and O–H groups in total. The van der Waals surface area contributed by atoms with E-state index in [0.29, 0.717) is 18.1 Å². The number of rotatable bonds is 7. The lowest BCUT2D eigenvalue weighted by molar-refractivity contribution is 0.0853. The van der Waals surface area contributed by atoms with Crippen molar-refractivity contribution in [3.63, 3.8) is 0 Å². The van der Waals surface area contributed by atoms with Gasteiger partial charge in [-0.1, -0.05) is 25.6 Å². The maximum Gasteiger partial charge on any atom is 0.287 e. The fraction of sp³-hybridized carbons (Fsp3) is 0.500. The predicted molar refractivity (Wildman–Crippen MR) is 106 cm³/mol. The van der Waals surface area contributed by atoms with Gasteiger partial charge in [0.15, 0.2) is 10.9 Å². The second kappa shape index (κ2) is 10.1. The molecule has 1 atom stereocenters. The number of nitrogens with one attached hydrogen (secondary N) is 1. The fourth-order valence-corrected chi connectivity index (χ4v) is 2.78. The first-order chi connectivity index (χ1) is 10.9. The van der Waals surface area contributed by atoms with Gasteiger partial charge in [-0.3, -0.25) is 4.79 Å². The van der Waals surface area contributed by atoms with E-state index in [0.717, 1.165) is 10.9 Å². The van der Waals surface area contributed by atoms with Gasteiger partial charge in [0.2, 0.25) is 0 Å². The number of aryl methyl sites for hydroxylation is 1. The molecule has 9 heteroatoms. The summed E-state index contributed by atoms with van der Waals surface area (Å²) in [6.45, 7) is 6.38. The fourth-order valence-electron chi connectivity index (χ4n) is 1.96. The number of nitrogens with zero attached hydrogens (tertiary/aromatic N) is 2. The van der Waals surface area contributed by atoms with Gasteiger partial charge in [-0.2, -0.15) is 0 Å². The van der Waals surface area contributed by atoms with Crippen LogP contribution < -0.4 is 11.1 Å². The van der Waals surface area contributed by atoms with Crippen LogP contribution in [-0.2, 0) is 12.8 Å². The van der Waals surface area contributed by atoms with Gasteiger partial charge in [0.1, 0.15) is 5.76 Å². The summed E-state index contributed by atoms with van der Waals surface area (Å²) in [7, 11) is 1.94. The Labute approximate surface area is 165 Å². The van der Waals surface area contributed by atoms with Crippen LogP contribution in [0.4, 0.5) is 0 Å². The zero-order valence-corrected chi connectivity index (χ0v) is 17.3. The van der Waals surface area contributed by atoms with E-state index in [4.69, 9.17) is 10.2 Å². The number of carbonyl (C=O) groups is 1. The number of furan rings is 1. The molecule has 2 rings (SSSR count). The second-order valence-corrected chi connectivity index (χ2v) is 7.05. The minimum atomic E-state index is -0.453. The van der Waals surface area contributed by atoms with E-state index in [1.807, 2.05) is 44.6 Å². The summed E-state index contributed by atoms with van der Waals surface area (Å²) in [5.74, 6) is 1.66. The van der Waals surface area contributed by atoms with Gasteiger partial charge in [-0.15, -0.1) is 24.8 Å². The van der Waals surface area contributed by atoms with Crippen LogP contribution in [0.1, 0.15) is 37.1 Å².